The van der Waals surface area contributed by atoms with Crippen LogP contribution in [-0.2, 0) is 9.53 Å². The number of aliphatic carboxylic acids is 1. The number of rotatable bonds is 12. The Bertz CT molecular complexity index is 1090. The van der Waals surface area contributed by atoms with Crippen LogP contribution in [0.1, 0.15) is 63.9 Å². The van der Waals surface area contributed by atoms with Crippen molar-refractivity contribution in [2.24, 2.45) is 5.92 Å². The van der Waals surface area contributed by atoms with Crippen molar-refractivity contribution in [3.63, 3.8) is 0 Å². The van der Waals surface area contributed by atoms with Gasteiger partial charge < -0.3 is 30.1 Å². The zero-order chi connectivity index (χ0) is 27.7. The Balaban J connectivity index is 1.98. The monoisotopic (exact) mass is 529 g/mol. The minimum atomic E-state index is -0.929. The van der Waals surface area contributed by atoms with Crippen molar-refractivity contribution in [3.8, 4) is 5.75 Å². The molecule has 0 heterocycles. The molecule has 3 rings (SSSR count). The van der Waals surface area contributed by atoms with Crippen LogP contribution in [0.4, 0.5) is 26.2 Å². The van der Waals surface area contributed by atoms with Gasteiger partial charge in [0.1, 0.15) is 11.6 Å². The average Bonchev–Trinajstić information content (AvgIpc) is 2.88. The maximum absolute atomic E-state index is 14.5. The third-order valence-electron chi connectivity index (χ3n) is 6.84. The van der Waals surface area contributed by atoms with E-state index in [-0.39, 0.29) is 24.6 Å². The van der Waals surface area contributed by atoms with Crippen LogP contribution in [0.3, 0.4) is 0 Å². The lowest BCUT2D eigenvalue weighted by molar-refractivity contribution is -0.137. The summed E-state index contributed by atoms with van der Waals surface area (Å²) >= 11 is 0. The molecule has 3 N–H and O–H groups in total. The molecule has 1 saturated carbocycles. The lowest BCUT2D eigenvalue weighted by Gasteiger charge is -2.38. The molecule has 8 nitrogen and oxygen atoms in total. The van der Waals surface area contributed by atoms with Gasteiger partial charge in [0.25, 0.3) is 0 Å². The number of carbonyl (C=O) groups is 2. The largest absolute Gasteiger partial charge is 0.497 e. The van der Waals surface area contributed by atoms with Crippen LogP contribution >= 0.6 is 0 Å². The van der Waals surface area contributed by atoms with Gasteiger partial charge in [-0.2, -0.15) is 0 Å². The van der Waals surface area contributed by atoms with Crippen molar-refractivity contribution in [1.29, 1.82) is 0 Å². The second-order valence-corrected chi connectivity index (χ2v) is 10.3. The van der Waals surface area contributed by atoms with E-state index >= 15 is 0 Å². The van der Waals surface area contributed by atoms with Crippen LogP contribution < -0.4 is 20.3 Å². The number of carboxylic acid groups (broad SMARTS) is 1. The van der Waals surface area contributed by atoms with Crippen LogP contribution in [0, 0.1) is 11.7 Å². The zero-order valence-corrected chi connectivity index (χ0v) is 22.8. The summed E-state index contributed by atoms with van der Waals surface area (Å²) in [5, 5.41) is 14.9. The predicted octanol–water partition coefficient (Wildman–Crippen LogP) is 6.48. The first-order valence-electron chi connectivity index (χ1n) is 13.2. The number of methoxy groups -OCH3 is 2. The Morgan fingerprint density at radius 3 is 2.37 bits per heavy atom. The molecule has 0 bridgehead atoms. The molecule has 1 aliphatic rings. The fourth-order valence-electron chi connectivity index (χ4n) is 5.07. The lowest BCUT2D eigenvalue weighted by atomic mass is 9.91. The molecule has 1 aliphatic carbocycles. The molecule has 208 valence electrons. The predicted molar refractivity (Wildman–Crippen MR) is 148 cm³/mol. The average molecular weight is 530 g/mol. The smallest absolute Gasteiger partial charge is 0.323 e. The SMILES string of the molecule is COCC(CC(=O)O)c1ccc(N(CC(C)C)C2CCCCC2)c(NC(=O)Nc2ccc(OC)cc2F)c1. The number of nitrogens with one attached hydrogen (secondary N) is 2. The molecule has 1 unspecified atom stereocenters. The molecule has 0 spiro atoms. The fourth-order valence-corrected chi connectivity index (χ4v) is 5.07. The van der Waals surface area contributed by atoms with Crippen LogP contribution in [0.5, 0.6) is 5.75 Å². The number of urea groups is 1. The van der Waals surface area contributed by atoms with E-state index in [4.69, 9.17) is 9.47 Å². The van der Waals surface area contributed by atoms with Crippen LogP contribution in [-0.4, -0.2) is 50.5 Å². The Morgan fingerprint density at radius 2 is 1.76 bits per heavy atom. The molecule has 2 aromatic carbocycles. The number of hydrogen-bond donors (Lipinski definition) is 3. The summed E-state index contributed by atoms with van der Waals surface area (Å²) in [6.07, 6.45) is 5.58. The van der Waals surface area contributed by atoms with Crippen molar-refractivity contribution in [3.05, 3.63) is 47.8 Å². The quantitative estimate of drug-likeness (QED) is 0.291. The van der Waals surface area contributed by atoms with Crippen LogP contribution in [0.15, 0.2) is 36.4 Å². The maximum atomic E-state index is 14.5. The number of nitrogens with zero attached hydrogens (tertiary/aromatic N) is 1. The summed E-state index contributed by atoms with van der Waals surface area (Å²) in [7, 11) is 2.98. The molecule has 1 atom stereocenters. The number of anilines is 3. The van der Waals surface area contributed by atoms with Gasteiger partial charge in [0.2, 0.25) is 0 Å². The Labute approximate surface area is 224 Å². The standard InChI is InChI=1S/C29H40FN3O5/c1-19(2)17-33(22-8-6-5-7-9-22)27-13-10-20(21(18-37-3)15-28(34)35)14-26(27)32-29(36)31-25-12-11-23(38-4)16-24(25)30/h10-14,16,19,21-22H,5-9,15,17-18H2,1-4H3,(H,34,35)(H2,31,32,36). The lowest BCUT2D eigenvalue weighted by Crippen LogP contribution is -2.40. The number of benzene rings is 2. The van der Waals surface area contributed by atoms with Gasteiger partial charge in [-0.3, -0.25) is 4.79 Å². The molecule has 9 heteroatoms. The molecular weight excluding hydrogens is 489 g/mol. The maximum Gasteiger partial charge on any atom is 0.323 e. The summed E-state index contributed by atoms with van der Waals surface area (Å²) in [5.41, 5.74) is 2.19. The van der Waals surface area contributed by atoms with Gasteiger partial charge in [0.15, 0.2) is 0 Å². The number of carbonyl (C=O) groups excluding carboxylic acids is 1. The summed E-state index contributed by atoms with van der Waals surface area (Å²) < 4.78 is 24.8. The molecule has 0 aromatic heterocycles. The number of carboxylic acids is 1. The Hall–Kier alpha value is -3.33. The topological polar surface area (TPSA) is 100 Å². The number of halogens is 1. The van der Waals surface area contributed by atoms with Crippen LogP contribution in [0.2, 0.25) is 0 Å². The number of ether oxygens (including phenoxy) is 2. The van der Waals surface area contributed by atoms with Gasteiger partial charge in [-0.1, -0.05) is 39.2 Å². The minimum Gasteiger partial charge on any atom is -0.497 e. The number of hydrogen-bond acceptors (Lipinski definition) is 5. The molecular formula is C29H40FN3O5. The second kappa shape index (κ2) is 14.0. The minimum absolute atomic E-state index is 0.0236. The highest BCUT2D eigenvalue weighted by atomic mass is 19.1. The molecule has 2 amide bonds. The third kappa shape index (κ3) is 8.08. The van der Waals surface area contributed by atoms with E-state index in [0.717, 1.165) is 43.5 Å². The highest BCUT2D eigenvalue weighted by Crippen LogP contribution is 2.36. The van der Waals surface area contributed by atoms with Crippen molar-refractivity contribution in [1.82, 2.24) is 0 Å². The van der Waals surface area contributed by atoms with E-state index in [2.05, 4.69) is 29.4 Å². The van der Waals surface area contributed by atoms with Crippen LogP contribution in [0.25, 0.3) is 0 Å². The van der Waals surface area contributed by atoms with Gasteiger partial charge in [0.05, 0.1) is 37.2 Å². The summed E-state index contributed by atoms with van der Waals surface area (Å²) in [4.78, 5) is 27.0. The highest BCUT2D eigenvalue weighted by molar-refractivity contribution is 6.02. The van der Waals surface area contributed by atoms with Crippen molar-refractivity contribution >= 4 is 29.1 Å². The van der Waals surface area contributed by atoms with E-state index in [0.29, 0.717) is 23.4 Å². The molecule has 2 aromatic rings. The normalized spacial score (nSPS) is 14.7. The third-order valence-corrected chi connectivity index (χ3v) is 6.84. The first kappa shape index (κ1) is 29.2. The van der Waals surface area contributed by atoms with Gasteiger partial charge in [-0.05, 0) is 48.6 Å². The van der Waals surface area contributed by atoms with E-state index in [1.807, 2.05) is 18.2 Å². The van der Waals surface area contributed by atoms with Gasteiger partial charge in [-0.25, -0.2) is 9.18 Å². The van der Waals surface area contributed by atoms with Crippen molar-refractivity contribution < 1.29 is 28.6 Å². The summed E-state index contributed by atoms with van der Waals surface area (Å²) in [6, 6.07) is 9.66. The molecule has 1 fully saturated rings. The van der Waals surface area contributed by atoms with Crippen molar-refractivity contribution in [2.45, 2.75) is 64.3 Å². The molecule has 0 aliphatic heterocycles. The van der Waals surface area contributed by atoms with E-state index in [1.165, 1.54) is 32.8 Å². The van der Waals surface area contributed by atoms with E-state index < -0.39 is 17.8 Å². The molecule has 0 radical (unpaired) electrons. The summed E-state index contributed by atoms with van der Waals surface area (Å²) in [6.45, 7) is 5.37. The molecule has 0 saturated heterocycles. The van der Waals surface area contributed by atoms with E-state index in [9.17, 15) is 19.1 Å². The van der Waals surface area contributed by atoms with Gasteiger partial charge in [0, 0.05) is 31.7 Å². The Kier molecular flexibility index (Phi) is 10.8. The number of amides is 2. The van der Waals surface area contributed by atoms with E-state index in [1.54, 1.807) is 6.07 Å². The van der Waals surface area contributed by atoms with Gasteiger partial charge >= 0.3 is 12.0 Å². The first-order valence-corrected chi connectivity index (χ1v) is 13.2. The summed E-state index contributed by atoms with van der Waals surface area (Å²) in [5.74, 6) is -1.19. The second-order valence-electron chi connectivity index (χ2n) is 10.3. The molecule has 38 heavy (non-hydrogen) atoms. The van der Waals surface area contributed by atoms with Crippen molar-refractivity contribution in [2.75, 3.05) is 42.9 Å². The van der Waals surface area contributed by atoms with Gasteiger partial charge in [-0.15, -0.1) is 0 Å². The Morgan fingerprint density at radius 1 is 1.05 bits per heavy atom. The fraction of sp³-hybridized carbons (Fsp3) is 0.517. The highest BCUT2D eigenvalue weighted by Gasteiger charge is 2.26. The first-order chi connectivity index (χ1) is 18.2. The zero-order valence-electron chi connectivity index (χ0n) is 22.8.